The lowest BCUT2D eigenvalue weighted by Crippen LogP contribution is -2.49. The molecule has 6 heteroatoms. The van der Waals surface area contributed by atoms with E-state index in [4.69, 9.17) is 28.4 Å². The smallest absolute Gasteiger partial charge is 0.165 e. The van der Waals surface area contributed by atoms with E-state index in [1.54, 1.807) is 0 Å². The van der Waals surface area contributed by atoms with Crippen molar-refractivity contribution in [2.24, 2.45) is 17.8 Å². The normalized spacial score (nSPS) is 38.4. The zero-order valence-corrected chi connectivity index (χ0v) is 21.5. The van der Waals surface area contributed by atoms with Crippen LogP contribution in [-0.4, -0.2) is 58.0 Å². The molecule has 3 heterocycles. The summed E-state index contributed by atoms with van der Waals surface area (Å²) in [6.07, 6.45) is 8.67. The molecule has 0 aromatic heterocycles. The highest BCUT2D eigenvalue weighted by Crippen LogP contribution is 2.64. The summed E-state index contributed by atoms with van der Waals surface area (Å²) in [6.45, 7) is 11.0. The highest BCUT2D eigenvalue weighted by Gasteiger charge is 2.54. The van der Waals surface area contributed by atoms with Gasteiger partial charge in [0.15, 0.2) is 11.5 Å². The van der Waals surface area contributed by atoms with Crippen molar-refractivity contribution < 1.29 is 28.4 Å². The molecule has 0 N–H and O–H groups in total. The van der Waals surface area contributed by atoms with Crippen LogP contribution in [0.15, 0.2) is 6.07 Å². The lowest BCUT2D eigenvalue weighted by Gasteiger charge is -2.58. The Labute approximate surface area is 208 Å². The summed E-state index contributed by atoms with van der Waals surface area (Å²) in [5, 5.41) is 0. The second-order valence-corrected chi connectivity index (χ2v) is 13.2. The van der Waals surface area contributed by atoms with Crippen LogP contribution in [0.2, 0.25) is 0 Å². The van der Waals surface area contributed by atoms with E-state index in [-0.39, 0.29) is 29.1 Å². The third-order valence-corrected chi connectivity index (χ3v) is 9.00. The van der Waals surface area contributed by atoms with Crippen LogP contribution in [0, 0.1) is 17.8 Å². The molecule has 7 fully saturated rings. The molecule has 3 atom stereocenters. The number of hydrogen-bond donors (Lipinski definition) is 0. The fraction of sp³-hybridized carbons (Fsp3) is 0.793. The summed E-state index contributed by atoms with van der Waals surface area (Å²) in [5.41, 5.74) is 2.73. The van der Waals surface area contributed by atoms with Gasteiger partial charge in [0, 0.05) is 22.6 Å². The summed E-state index contributed by atoms with van der Waals surface area (Å²) in [5.74, 6) is 5.22. The van der Waals surface area contributed by atoms with E-state index in [2.05, 4.69) is 26.8 Å². The molecule has 3 unspecified atom stereocenters. The van der Waals surface area contributed by atoms with Gasteiger partial charge in [-0.25, -0.2) is 0 Å². The topological polar surface area (TPSA) is 65.3 Å². The van der Waals surface area contributed by atoms with Gasteiger partial charge in [-0.15, -0.1) is 0 Å². The molecule has 6 nitrogen and oxygen atoms in total. The van der Waals surface area contributed by atoms with Gasteiger partial charge >= 0.3 is 0 Å². The molecule has 0 radical (unpaired) electrons. The van der Waals surface area contributed by atoms with Crippen molar-refractivity contribution in [3.63, 3.8) is 0 Å². The van der Waals surface area contributed by atoms with Crippen molar-refractivity contribution in [1.82, 2.24) is 0 Å². The van der Waals surface area contributed by atoms with E-state index >= 15 is 0 Å². The first-order chi connectivity index (χ1) is 16.9. The molecule has 0 spiro atoms. The van der Waals surface area contributed by atoms with Crippen LogP contribution in [0.25, 0.3) is 0 Å². The minimum Gasteiger partial charge on any atom is -0.490 e. The summed E-state index contributed by atoms with van der Waals surface area (Å²) in [7, 11) is 0. The summed E-state index contributed by atoms with van der Waals surface area (Å²) < 4.78 is 36.1. The third-order valence-electron chi connectivity index (χ3n) is 9.00. The third kappa shape index (κ3) is 4.55. The van der Waals surface area contributed by atoms with Gasteiger partial charge < -0.3 is 28.4 Å². The zero-order valence-electron chi connectivity index (χ0n) is 21.5. The molecule has 4 saturated carbocycles. The lowest BCUT2D eigenvalue weighted by atomic mass is 9.47. The summed E-state index contributed by atoms with van der Waals surface area (Å²) >= 11 is 0. The largest absolute Gasteiger partial charge is 0.490 e. The van der Waals surface area contributed by atoms with Gasteiger partial charge in [0.2, 0.25) is 0 Å². The van der Waals surface area contributed by atoms with Crippen molar-refractivity contribution in [1.29, 1.82) is 0 Å². The number of ether oxygens (including phenoxy) is 6. The Morgan fingerprint density at radius 1 is 0.743 bits per heavy atom. The maximum absolute atomic E-state index is 6.63. The Hall–Kier alpha value is -1.50. The molecule has 1 aromatic carbocycles. The van der Waals surface area contributed by atoms with Gasteiger partial charge in [0.05, 0.1) is 19.8 Å². The van der Waals surface area contributed by atoms with E-state index in [1.807, 2.05) is 0 Å². The molecule has 35 heavy (non-hydrogen) atoms. The quantitative estimate of drug-likeness (QED) is 0.445. The Morgan fingerprint density at radius 3 is 1.66 bits per heavy atom. The molecule has 4 aliphatic carbocycles. The van der Waals surface area contributed by atoms with E-state index < -0.39 is 0 Å². The minimum atomic E-state index is -0.123. The summed E-state index contributed by atoms with van der Waals surface area (Å²) in [6, 6.07) is 2.14. The molecular weight excluding hydrogens is 444 g/mol. The maximum Gasteiger partial charge on any atom is 0.165 e. The van der Waals surface area contributed by atoms with Gasteiger partial charge in [0.25, 0.3) is 0 Å². The monoisotopic (exact) mass is 484 g/mol. The molecular formula is C29H40O6. The van der Waals surface area contributed by atoms with E-state index in [0.29, 0.717) is 19.8 Å². The van der Waals surface area contributed by atoms with Gasteiger partial charge in [-0.05, 0) is 61.7 Å². The molecule has 3 saturated heterocycles. The average Bonchev–Trinajstić information content (AvgIpc) is 3.66. The molecule has 4 bridgehead atoms. The standard InChI is InChI=1S/C29H40O6/c1-28(2,3)26-25(29-8-17-4-18(9-29)6-19(5-17)10-29)23(33-14-20-11-30-20)7-24(34-15-21-12-31-21)27(26)35-16-22-13-32-22/h7,17-22H,4-6,8-16H2,1-3H3. The van der Waals surface area contributed by atoms with Crippen molar-refractivity contribution >= 4 is 0 Å². The second-order valence-electron chi connectivity index (χ2n) is 13.2. The molecule has 0 amide bonds. The molecule has 3 aliphatic heterocycles. The second kappa shape index (κ2) is 8.26. The predicted molar refractivity (Wildman–Crippen MR) is 131 cm³/mol. The first-order valence-corrected chi connectivity index (χ1v) is 13.8. The van der Waals surface area contributed by atoms with Gasteiger partial charge in [-0.3, -0.25) is 0 Å². The number of epoxide rings is 3. The fourth-order valence-electron chi connectivity index (χ4n) is 7.67. The van der Waals surface area contributed by atoms with E-state index in [0.717, 1.165) is 54.8 Å². The SMILES string of the molecule is CC(C)(C)c1c(OCC2CO2)c(OCC2CO2)cc(OCC2CO2)c1C12CC3CC(CC(C3)C1)C2. The highest BCUT2D eigenvalue weighted by molar-refractivity contribution is 5.63. The summed E-state index contributed by atoms with van der Waals surface area (Å²) in [4.78, 5) is 0. The van der Waals surface area contributed by atoms with Gasteiger partial charge in [0.1, 0.15) is 43.9 Å². The molecule has 1 aromatic rings. The molecule has 7 aliphatic rings. The Kier molecular flexibility index (Phi) is 5.35. The number of rotatable bonds is 10. The van der Waals surface area contributed by atoms with Crippen LogP contribution in [0.4, 0.5) is 0 Å². The van der Waals surface area contributed by atoms with Crippen LogP contribution in [-0.2, 0) is 25.0 Å². The van der Waals surface area contributed by atoms with Crippen molar-refractivity contribution in [3.05, 3.63) is 17.2 Å². The minimum absolute atomic E-state index is 0.123. The van der Waals surface area contributed by atoms with Crippen LogP contribution >= 0.6 is 0 Å². The van der Waals surface area contributed by atoms with E-state index in [9.17, 15) is 0 Å². The van der Waals surface area contributed by atoms with Crippen LogP contribution in [0.1, 0.15) is 70.4 Å². The predicted octanol–water partition coefficient (Wildman–Crippen LogP) is 4.78. The highest BCUT2D eigenvalue weighted by atomic mass is 16.6. The zero-order chi connectivity index (χ0) is 23.8. The Morgan fingerprint density at radius 2 is 1.20 bits per heavy atom. The lowest BCUT2D eigenvalue weighted by molar-refractivity contribution is -0.00745. The molecule has 8 rings (SSSR count). The first-order valence-electron chi connectivity index (χ1n) is 13.8. The van der Waals surface area contributed by atoms with Gasteiger partial charge in [-0.1, -0.05) is 20.8 Å². The maximum atomic E-state index is 6.63. The Bertz CT molecular complexity index is 933. The number of benzene rings is 1. The molecule has 192 valence electrons. The van der Waals surface area contributed by atoms with Crippen molar-refractivity contribution in [2.45, 2.75) is 88.4 Å². The average molecular weight is 485 g/mol. The van der Waals surface area contributed by atoms with Crippen molar-refractivity contribution in [3.8, 4) is 17.2 Å². The van der Waals surface area contributed by atoms with Crippen LogP contribution in [0.3, 0.4) is 0 Å². The van der Waals surface area contributed by atoms with Crippen LogP contribution in [0.5, 0.6) is 17.2 Å². The van der Waals surface area contributed by atoms with Gasteiger partial charge in [-0.2, -0.15) is 0 Å². The van der Waals surface area contributed by atoms with Crippen molar-refractivity contribution in [2.75, 3.05) is 39.6 Å². The number of hydrogen-bond acceptors (Lipinski definition) is 6. The van der Waals surface area contributed by atoms with E-state index in [1.165, 1.54) is 49.7 Å². The fourth-order valence-corrected chi connectivity index (χ4v) is 7.67. The Balaban J connectivity index is 1.37. The first kappa shape index (κ1) is 22.7. The van der Waals surface area contributed by atoms with Crippen LogP contribution < -0.4 is 14.2 Å².